The molecule has 0 aromatic heterocycles. The summed E-state index contributed by atoms with van der Waals surface area (Å²) < 4.78 is 15.5. The number of nitrogens with one attached hydrogen (secondary N) is 1. The molecule has 0 heterocycles. The summed E-state index contributed by atoms with van der Waals surface area (Å²) in [7, 11) is 1.67. The normalized spacial score (nSPS) is 11.4. The van der Waals surface area contributed by atoms with Crippen LogP contribution in [0.25, 0.3) is 0 Å². The van der Waals surface area contributed by atoms with Crippen molar-refractivity contribution in [3.8, 4) is 0 Å². The highest BCUT2D eigenvalue weighted by Gasteiger charge is 1.90. The van der Waals surface area contributed by atoms with E-state index in [1.165, 1.54) is 0 Å². The Balaban J connectivity index is 2.88. The summed E-state index contributed by atoms with van der Waals surface area (Å²) in [5.41, 5.74) is 0. The molecule has 0 aliphatic rings. The first-order valence-corrected chi connectivity index (χ1v) is 5.88. The van der Waals surface area contributed by atoms with Crippen molar-refractivity contribution in [1.29, 1.82) is 0 Å². The van der Waals surface area contributed by atoms with E-state index in [4.69, 9.17) is 14.2 Å². The third kappa shape index (κ3) is 13.6. The van der Waals surface area contributed by atoms with Crippen molar-refractivity contribution in [3.63, 3.8) is 0 Å². The smallest absolute Gasteiger partial charge is 0.0701 e. The first-order valence-electron chi connectivity index (χ1n) is 5.88. The summed E-state index contributed by atoms with van der Waals surface area (Å²) in [4.78, 5) is 0. The third-order valence-corrected chi connectivity index (χ3v) is 1.95. The van der Waals surface area contributed by atoms with E-state index in [-0.39, 0.29) is 0 Å². The highest BCUT2D eigenvalue weighted by molar-refractivity contribution is 4.77. The third-order valence-electron chi connectivity index (χ3n) is 1.95. The van der Waals surface area contributed by atoms with E-state index in [0.29, 0.717) is 26.4 Å². The summed E-state index contributed by atoms with van der Waals surface area (Å²) >= 11 is 0. The first kappa shape index (κ1) is 15.6. The molecule has 0 radical (unpaired) electrons. The van der Waals surface area contributed by atoms with Gasteiger partial charge < -0.3 is 19.5 Å². The first-order chi connectivity index (χ1) is 7.91. The molecule has 0 amide bonds. The zero-order valence-electron chi connectivity index (χ0n) is 10.5. The Labute approximate surface area is 99.0 Å². The minimum absolute atomic E-state index is 0.640. The van der Waals surface area contributed by atoms with Crippen LogP contribution in [0.5, 0.6) is 0 Å². The van der Waals surface area contributed by atoms with Gasteiger partial charge in [0, 0.05) is 13.7 Å². The number of rotatable bonds is 12. The summed E-state index contributed by atoms with van der Waals surface area (Å²) in [6.07, 6.45) is 5.30. The van der Waals surface area contributed by atoms with E-state index < -0.39 is 0 Å². The van der Waals surface area contributed by atoms with Crippen LogP contribution in [0.2, 0.25) is 0 Å². The lowest BCUT2D eigenvalue weighted by atomic mass is 10.4. The Morgan fingerprint density at radius 3 is 2.31 bits per heavy atom. The van der Waals surface area contributed by atoms with Crippen molar-refractivity contribution in [3.05, 3.63) is 12.2 Å². The fourth-order valence-corrected chi connectivity index (χ4v) is 1.09. The maximum Gasteiger partial charge on any atom is 0.0701 e. The zero-order chi connectivity index (χ0) is 11.9. The van der Waals surface area contributed by atoms with Gasteiger partial charge in [-0.3, -0.25) is 0 Å². The van der Waals surface area contributed by atoms with Crippen LogP contribution in [0.4, 0.5) is 0 Å². The molecule has 0 aromatic carbocycles. The molecular formula is C12H25NO3. The molecule has 0 rings (SSSR count). The van der Waals surface area contributed by atoms with Crippen LogP contribution in [-0.2, 0) is 14.2 Å². The van der Waals surface area contributed by atoms with Gasteiger partial charge in [-0.05, 0) is 19.9 Å². The SMILES string of the molecule is C/C=C/CCNCCOCCOCCOC. The van der Waals surface area contributed by atoms with Gasteiger partial charge in [0.2, 0.25) is 0 Å². The number of hydrogen-bond acceptors (Lipinski definition) is 4. The van der Waals surface area contributed by atoms with Crippen molar-refractivity contribution in [1.82, 2.24) is 5.32 Å². The molecule has 96 valence electrons. The quantitative estimate of drug-likeness (QED) is 0.405. The molecule has 0 aliphatic carbocycles. The van der Waals surface area contributed by atoms with E-state index in [2.05, 4.69) is 17.5 Å². The second-order valence-corrected chi connectivity index (χ2v) is 3.33. The van der Waals surface area contributed by atoms with Crippen LogP contribution >= 0.6 is 0 Å². The van der Waals surface area contributed by atoms with Gasteiger partial charge in [-0.1, -0.05) is 12.2 Å². The second-order valence-electron chi connectivity index (χ2n) is 3.33. The molecule has 0 fully saturated rings. The van der Waals surface area contributed by atoms with Gasteiger partial charge in [-0.2, -0.15) is 0 Å². The Bertz CT molecular complexity index is 151. The molecule has 0 saturated carbocycles. The molecule has 0 atom stereocenters. The van der Waals surface area contributed by atoms with Gasteiger partial charge in [0.1, 0.15) is 0 Å². The van der Waals surface area contributed by atoms with Crippen molar-refractivity contribution < 1.29 is 14.2 Å². The van der Waals surface area contributed by atoms with Crippen LogP contribution in [0, 0.1) is 0 Å². The molecule has 0 unspecified atom stereocenters. The highest BCUT2D eigenvalue weighted by atomic mass is 16.5. The molecule has 16 heavy (non-hydrogen) atoms. The van der Waals surface area contributed by atoms with E-state index in [9.17, 15) is 0 Å². The highest BCUT2D eigenvalue weighted by Crippen LogP contribution is 1.81. The maximum atomic E-state index is 5.37. The molecule has 4 nitrogen and oxygen atoms in total. The lowest BCUT2D eigenvalue weighted by molar-refractivity contribution is 0.0256. The minimum Gasteiger partial charge on any atom is -0.382 e. The van der Waals surface area contributed by atoms with Crippen LogP contribution in [0.15, 0.2) is 12.2 Å². The summed E-state index contributed by atoms with van der Waals surface area (Å²) in [6.45, 7) is 7.26. The van der Waals surface area contributed by atoms with Gasteiger partial charge in [0.05, 0.1) is 33.0 Å². The lowest BCUT2D eigenvalue weighted by Gasteiger charge is -2.06. The average molecular weight is 231 g/mol. The van der Waals surface area contributed by atoms with Crippen molar-refractivity contribution in [2.24, 2.45) is 0 Å². The average Bonchev–Trinajstić information content (AvgIpc) is 2.31. The standard InChI is InChI=1S/C12H25NO3/c1-3-4-5-6-13-7-8-15-11-12-16-10-9-14-2/h3-4,13H,5-12H2,1-2H3/b4-3+. The van der Waals surface area contributed by atoms with Gasteiger partial charge in [0.15, 0.2) is 0 Å². The minimum atomic E-state index is 0.640. The Morgan fingerprint density at radius 2 is 1.62 bits per heavy atom. The second kappa shape index (κ2) is 14.6. The van der Waals surface area contributed by atoms with E-state index >= 15 is 0 Å². The van der Waals surface area contributed by atoms with Crippen molar-refractivity contribution >= 4 is 0 Å². The number of hydrogen-bond donors (Lipinski definition) is 1. The number of methoxy groups -OCH3 is 1. The Morgan fingerprint density at radius 1 is 0.938 bits per heavy atom. The lowest BCUT2D eigenvalue weighted by Crippen LogP contribution is -2.21. The Kier molecular flexibility index (Phi) is 14.2. The van der Waals surface area contributed by atoms with Crippen LogP contribution in [0.3, 0.4) is 0 Å². The van der Waals surface area contributed by atoms with E-state index in [1.807, 2.05) is 6.92 Å². The zero-order valence-corrected chi connectivity index (χ0v) is 10.5. The number of ether oxygens (including phenoxy) is 3. The molecule has 4 heteroatoms. The van der Waals surface area contributed by atoms with Crippen molar-refractivity contribution in [2.75, 3.05) is 53.2 Å². The van der Waals surface area contributed by atoms with Crippen LogP contribution in [0.1, 0.15) is 13.3 Å². The molecule has 0 saturated heterocycles. The monoisotopic (exact) mass is 231 g/mol. The fourth-order valence-electron chi connectivity index (χ4n) is 1.09. The molecule has 1 N–H and O–H groups in total. The van der Waals surface area contributed by atoms with Gasteiger partial charge >= 0.3 is 0 Å². The number of allylic oxidation sites excluding steroid dienone is 1. The van der Waals surface area contributed by atoms with Gasteiger partial charge in [-0.25, -0.2) is 0 Å². The Hall–Kier alpha value is -0.420. The van der Waals surface area contributed by atoms with E-state index in [1.54, 1.807) is 7.11 Å². The predicted octanol–water partition coefficient (Wildman–Crippen LogP) is 1.22. The molecule has 0 aliphatic heterocycles. The summed E-state index contributed by atoms with van der Waals surface area (Å²) in [6, 6.07) is 0. The van der Waals surface area contributed by atoms with Crippen molar-refractivity contribution in [2.45, 2.75) is 13.3 Å². The molecular weight excluding hydrogens is 206 g/mol. The summed E-state index contributed by atoms with van der Waals surface area (Å²) in [5.74, 6) is 0. The fraction of sp³-hybridized carbons (Fsp3) is 0.833. The van der Waals surface area contributed by atoms with Crippen LogP contribution in [-0.4, -0.2) is 53.2 Å². The van der Waals surface area contributed by atoms with Crippen LogP contribution < -0.4 is 5.32 Å². The largest absolute Gasteiger partial charge is 0.382 e. The van der Waals surface area contributed by atoms with Gasteiger partial charge in [-0.15, -0.1) is 0 Å². The van der Waals surface area contributed by atoms with Gasteiger partial charge in [0.25, 0.3) is 0 Å². The molecule has 0 aromatic rings. The summed E-state index contributed by atoms with van der Waals surface area (Å²) in [5, 5.41) is 3.29. The molecule has 0 spiro atoms. The molecule has 0 bridgehead atoms. The maximum absolute atomic E-state index is 5.37. The predicted molar refractivity (Wildman–Crippen MR) is 65.8 cm³/mol. The topological polar surface area (TPSA) is 39.7 Å². The van der Waals surface area contributed by atoms with E-state index in [0.717, 1.165) is 26.1 Å².